The Bertz CT molecular complexity index is 498. The molecule has 4 heteroatoms. The molecule has 0 spiro atoms. The topological polar surface area (TPSA) is 40.7 Å². The van der Waals surface area contributed by atoms with E-state index in [2.05, 4.69) is 55.7 Å². The Kier molecular flexibility index (Phi) is 2.99. The van der Waals surface area contributed by atoms with E-state index in [4.69, 9.17) is 0 Å². The Morgan fingerprint density at radius 2 is 2.06 bits per heavy atom. The molecular formula is C13H14BrN3. The van der Waals surface area contributed by atoms with Gasteiger partial charge in [0.15, 0.2) is 0 Å². The summed E-state index contributed by atoms with van der Waals surface area (Å²) >= 11 is 3.46. The lowest BCUT2D eigenvalue weighted by atomic mass is 10.0. The zero-order chi connectivity index (χ0) is 11.7. The average molecular weight is 292 g/mol. The molecule has 2 aromatic rings. The highest BCUT2D eigenvalue weighted by atomic mass is 79.9. The number of aromatic amines is 1. The third kappa shape index (κ3) is 2.15. The molecule has 3 nitrogen and oxygen atoms in total. The van der Waals surface area contributed by atoms with Gasteiger partial charge in [0, 0.05) is 16.1 Å². The van der Waals surface area contributed by atoms with Crippen LogP contribution in [0.3, 0.4) is 0 Å². The molecule has 1 aromatic heterocycles. The largest absolute Gasteiger partial charge is 0.309 e. The SMILES string of the molecule is Brc1ccc(-c2cn[nH]c2C2CCCN2)cc1. The van der Waals surface area contributed by atoms with E-state index in [1.807, 2.05) is 6.20 Å². The summed E-state index contributed by atoms with van der Waals surface area (Å²) in [5.41, 5.74) is 3.63. The highest BCUT2D eigenvalue weighted by Crippen LogP contribution is 2.31. The molecule has 1 atom stereocenters. The maximum atomic E-state index is 4.19. The summed E-state index contributed by atoms with van der Waals surface area (Å²) in [6.45, 7) is 1.10. The number of nitrogens with zero attached hydrogens (tertiary/aromatic N) is 1. The Morgan fingerprint density at radius 3 is 2.76 bits per heavy atom. The van der Waals surface area contributed by atoms with E-state index >= 15 is 0 Å². The van der Waals surface area contributed by atoms with Crippen LogP contribution in [-0.4, -0.2) is 16.7 Å². The van der Waals surface area contributed by atoms with Gasteiger partial charge in [0.25, 0.3) is 0 Å². The molecular weight excluding hydrogens is 278 g/mol. The molecule has 88 valence electrons. The smallest absolute Gasteiger partial charge is 0.0599 e. The summed E-state index contributed by atoms with van der Waals surface area (Å²) in [6.07, 6.45) is 4.34. The lowest BCUT2D eigenvalue weighted by Crippen LogP contribution is -2.14. The van der Waals surface area contributed by atoms with Crippen molar-refractivity contribution in [2.75, 3.05) is 6.54 Å². The van der Waals surface area contributed by atoms with Crippen molar-refractivity contribution < 1.29 is 0 Å². The number of aromatic nitrogens is 2. The number of rotatable bonds is 2. The van der Waals surface area contributed by atoms with Gasteiger partial charge in [-0.1, -0.05) is 28.1 Å². The first-order valence-electron chi connectivity index (χ1n) is 5.87. The van der Waals surface area contributed by atoms with Crippen molar-refractivity contribution in [2.24, 2.45) is 0 Å². The second-order valence-electron chi connectivity index (χ2n) is 4.35. The van der Waals surface area contributed by atoms with Gasteiger partial charge in [0.1, 0.15) is 0 Å². The van der Waals surface area contributed by atoms with Crippen LogP contribution in [0, 0.1) is 0 Å². The average Bonchev–Trinajstić information content (AvgIpc) is 3.00. The summed E-state index contributed by atoms with van der Waals surface area (Å²) in [5.74, 6) is 0. The minimum atomic E-state index is 0.427. The summed E-state index contributed by atoms with van der Waals surface area (Å²) in [4.78, 5) is 0. The Morgan fingerprint density at radius 1 is 1.24 bits per heavy atom. The molecule has 1 saturated heterocycles. The van der Waals surface area contributed by atoms with E-state index in [-0.39, 0.29) is 0 Å². The van der Waals surface area contributed by atoms with Crippen LogP contribution in [-0.2, 0) is 0 Å². The number of H-pyrrole nitrogens is 1. The fourth-order valence-corrected chi connectivity index (χ4v) is 2.62. The molecule has 0 bridgehead atoms. The molecule has 3 rings (SSSR count). The second kappa shape index (κ2) is 4.63. The summed E-state index contributed by atoms with van der Waals surface area (Å²) < 4.78 is 1.10. The monoisotopic (exact) mass is 291 g/mol. The fraction of sp³-hybridized carbons (Fsp3) is 0.308. The normalized spacial score (nSPS) is 19.7. The van der Waals surface area contributed by atoms with Crippen LogP contribution in [0.25, 0.3) is 11.1 Å². The molecule has 2 heterocycles. The van der Waals surface area contributed by atoms with Crippen molar-refractivity contribution in [3.63, 3.8) is 0 Å². The highest BCUT2D eigenvalue weighted by Gasteiger charge is 2.21. The molecule has 1 fully saturated rings. The van der Waals surface area contributed by atoms with Crippen LogP contribution in [0.2, 0.25) is 0 Å². The third-order valence-electron chi connectivity index (χ3n) is 3.23. The zero-order valence-corrected chi connectivity index (χ0v) is 11.0. The molecule has 0 amide bonds. The van der Waals surface area contributed by atoms with Gasteiger partial charge in [-0.05, 0) is 37.1 Å². The quantitative estimate of drug-likeness (QED) is 0.892. The molecule has 0 aliphatic carbocycles. The third-order valence-corrected chi connectivity index (χ3v) is 3.76. The van der Waals surface area contributed by atoms with Gasteiger partial charge < -0.3 is 5.32 Å². The summed E-state index contributed by atoms with van der Waals surface area (Å²) in [6, 6.07) is 8.79. The van der Waals surface area contributed by atoms with Crippen LogP contribution in [0.4, 0.5) is 0 Å². The number of nitrogens with one attached hydrogen (secondary N) is 2. The van der Waals surface area contributed by atoms with Crippen molar-refractivity contribution in [2.45, 2.75) is 18.9 Å². The lowest BCUT2D eigenvalue weighted by Gasteiger charge is -2.10. The van der Waals surface area contributed by atoms with Crippen molar-refractivity contribution in [3.05, 3.63) is 40.6 Å². The van der Waals surface area contributed by atoms with Crippen LogP contribution in [0.5, 0.6) is 0 Å². The first-order valence-corrected chi connectivity index (χ1v) is 6.66. The van der Waals surface area contributed by atoms with E-state index in [0.717, 1.165) is 11.0 Å². The van der Waals surface area contributed by atoms with Crippen LogP contribution in [0.1, 0.15) is 24.6 Å². The van der Waals surface area contributed by atoms with E-state index in [0.29, 0.717) is 6.04 Å². The lowest BCUT2D eigenvalue weighted by molar-refractivity contribution is 0.626. The van der Waals surface area contributed by atoms with Gasteiger partial charge in [0.2, 0.25) is 0 Å². The second-order valence-corrected chi connectivity index (χ2v) is 5.27. The predicted molar refractivity (Wildman–Crippen MR) is 71.7 cm³/mol. The van der Waals surface area contributed by atoms with Gasteiger partial charge in [0.05, 0.1) is 11.9 Å². The molecule has 2 N–H and O–H groups in total. The van der Waals surface area contributed by atoms with Gasteiger partial charge in [-0.25, -0.2) is 0 Å². The zero-order valence-electron chi connectivity index (χ0n) is 9.41. The number of halogens is 1. The number of benzene rings is 1. The molecule has 1 aliphatic heterocycles. The van der Waals surface area contributed by atoms with E-state index in [9.17, 15) is 0 Å². The van der Waals surface area contributed by atoms with E-state index in [1.54, 1.807) is 0 Å². The van der Waals surface area contributed by atoms with Crippen molar-refractivity contribution in [1.29, 1.82) is 0 Å². The molecule has 1 unspecified atom stereocenters. The molecule has 0 radical (unpaired) electrons. The van der Waals surface area contributed by atoms with Gasteiger partial charge >= 0.3 is 0 Å². The first-order chi connectivity index (χ1) is 8.34. The molecule has 1 aliphatic rings. The predicted octanol–water partition coefficient (Wildman–Crippen LogP) is 3.26. The Hall–Kier alpha value is -1.13. The van der Waals surface area contributed by atoms with E-state index < -0.39 is 0 Å². The minimum absolute atomic E-state index is 0.427. The number of hydrogen-bond acceptors (Lipinski definition) is 2. The summed E-state index contributed by atoms with van der Waals surface area (Å²) in [7, 11) is 0. The van der Waals surface area contributed by atoms with Crippen LogP contribution >= 0.6 is 15.9 Å². The maximum absolute atomic E-state index is 4.19. The summed E-state index contributed by atoms with van der Waals surface area (Å²) in [5, 5.41) is 10.8. The Balaban J connectivity index is 1.97. The molecule has 0 saturated carbocycles. The molecule has 17 heavy (non-hydrogen) atoms. The van der Waals surface area contributed by atoms with Crippen LogP contribution < -0.4 is 5.32 Å². The number of hydrogen-bond donors (Lipinski definition) is 2. The van der Waals surface area contributed by atoms with Crippen LogP contribution in [0.15, 0.2) is 34.9 Å². The first kappa shape index (κ1) is 11.0. The van der Waals surface area contributed by atoms with Crippen molar-refractivity contribution in [3.8, 4) is 11.1 Å². The fourth-order valence-electron chi connectivity index (χ4n) is 2.35. The van der Waals surface area contributed by atoms with Crippen molar-refractivity contribution in [1.82, 2.24) is 15.5 Å². The molecule has 1 aromatic carbocycles. The van der Waals surface area contributed by atoms with E-state index in [1.165, 1.54) is 29.7 Å². The van der Waals surface area contributed by atoms with Gasteiger partial charge in [-0.3, -0.25) is 5.10 Å². The standard InChI is InChI=1S/C13H14BrN3/c14-10-5-3-9(4-6-10)11-8-16-17-13(11)12-2-1-7-15-12/h3-6,8,12,15H,1-2,7H2,(H,16,17). The van der Waals surface area contributed by atoms with Gasteiger partial charge in [-0.15, -0.1) is 0 Å². The Labute approximate surface area is 109 Å². The van der Waals surface area contributed by atoms with Crippen molar-refractivity contribution >= 4 is 15.9 Å². The maximum Gasteiger partial charge on any atom is 0.0599 e. The highest BCUT2D eigenvalue weighted by molar-refractivity contribution is 9.10. The van der Waals surface area contributed by atoms with Gasteiger partial charge in [-0.2, -0.15) is 5.10 Å². The minimum Gasteiger partial charge on any atom is -0.309 e.